The number of carboxylic acids is 1. The molecule has 2 aromatic carbocycles. The van der Waals surface area contributed by atoms with E-state index in [1.165, 1.54) is 12.0 Å². The van der Waals surface area contributed by atoms with Gasteiger partial charge in [-0.15, -0.1) is 0 Å². The number of hydrogen-bond donors (Lipinski definition) is 1. The Kier molecular flexibility index (Phi) is 9.22. The number of hydrogen-bond acceptors (Lipinski definition) is 2. The van der Waals surface area contributed by atoms with Gasteiger partial charge in [0.25, 0.3) is 0 Å². The molecule has 0 aliphatic heterocycles. The van der Waals surface area contributed by atoms with Crippen molar-refractivity contribution in [3.8, 4) is 0 Å². The van der Waals surface area contributed by atoms with Gasteiger partial charge in [0.1, 0.15) is 0 Å². The van der Waals surface area contributed by atoms with E-state index >= 15 is 0 Å². The van der Waals surface area contributed by atoms with Crippen LogP contribution in [-0.4, -0.2) is 16.9 Å². The van der Waals surface area contributed by atoms with E-state index in [4.69, 9.17) is 16.7 Å². The Morgan fingerprint density at radius 1 is 0.857 bits per heavy atom. The number of halogens is 1. The van der Waals surface area contributed by atoms with Crippen LogP contribution in [0.5, 0.6) is 0 Å². The van der Waals surface area contributed by atoms with E-state index in [1.54, 1.807) is 24.3 Å². The van der Waals surface area contributed by atoms with Gasteiger partial charge in [-0.1, -0.05) is 61.9 Å². The van der Waals surface area contributed by atoms with Crippen LogP contribution >= 0.6 is 11.6 Å². The van der Waals surface area contributed by atoms with Crippen molar-refractivity contribution in [3.05, 3.63) is 69.7 Å². The van der Waals surface area contributed by atoms with Crippen LogP contribution < -0.4 is 0 Å². The van der Waals surface area contributed by atoms with E-state index in [9.17, 15) is 9.59 Å². The van der Waals surface area contributed by atoms with Crippen molar-refractivity contribution in [1.29, 1.82) is 0 Å². The molecule has 0 amide bonds. The smallest absolute Gasteiger partial charge is 0.303 e. The minimum atomic E-state index is -0.702. The first-order valence-electron chi connectivity index (χ1n) is 10.1. The van der Waals surface area contributed by atoms with Crippen LogP contribution in [0.2, 0.25) is 5.02 Å². The SMILES string of the molecule is Cc1c(CCCCCCCCCC(=O)O)cccc1C(=O)c1ccc(Cl)cc1. The van der Waals surface area contributed by atoms with Gasteiger partial charge >= 0.3 is 5.97 Å². The van der Waals surface area contributed by atoms with E-state index in [-0.39, 0.29) is 12.2 Å². The van der Waals surface area contributed by atoms with Crippen molar-refractivity contribution in [2.45, 2.75) is 64.7 Å². The monoisotopic (exact) mass is 400 g/mol. The maximum Gasteiger partial charge on any atom is 0.303 e. The second-order valence-corrected chi connectivity index (χ2v) is 7.73. The van der Waals surface area contributed by atoms with Crippen LogP contribution in [0, 0.1) is 6.92 Å². The summed E-state index contributed by atoms with van der Waals surface area (Å²) in [4.78, 5) is 23.3. The van der Waals surface area contributed by atoms with Crippen LogP contribution in [0.1, 0.15) is 78.4 Å². The third kappa shape index (κ3) is 7.12. The number of carboxylic acid groups (broad SMARTS) is 1. The van der Waals surface area contributed by atoms with Crippen LogP contribution in [0.3, 0.4) is 0 Å². The van der Waals surface area contributed by atoms with Crippen molar-refractivity contribution >= 4 is 23.4 Å². The summed E-state index contributed by atoms with van der Waals surface area (Å²) in [5.74, 6) is -0.662. The zero-order valence-corrected chi connectivity index (χ0v) is 17.3. The second-order valence-electron chi connectivity index (χ2n) is 7.29. The quantitative estimate of drug-likeness (QED) is 0.321. The molecule has 0 saturated carbocycles. The number of aliphatic carboxylic acids is 1. The zero-order chi connectivity index (χ0) is 20.4. The third-order valence-corrected chi connectivity index (χ3v) is 5.39. The summed E-state index contributed by atoms with van der Waals surface area (Å²) in [5.41, 5.74) is 3.73. The highest BCUT2D eigenvalue weighted by Crippen LogP contribution is 2.21. The molecule has 0 unspecified atom stereocenters. The Balaban J connectivity index is 1.79. The molecule has 0 bridgehead atoms. The predicted octanol–water partition coefficient (Wildman–Crippen LogP) is 6.63. The molecule has 4 heteroatoms. The molecule has 150 valence electrons. The fraction of sp³-hybridized carbons (Fsp3) is 0.417. The van der Waals surface area contributed by atoms with Gasteiger partial charge in [0.2, 0.25) is 0 Å². The molecule has 0 aromatic heterocycles. The Bertz CT molecular complexity index is 781. The Morgan fingerprint density at radius 3 is 2.11 bits per heavy atom. The molecule has 1 N–H and O–H groups in total. The summed E-state index contributed by atoms with van der Waals surface area (Å²) < 4.78 is 0. The molecule has 2 rings (SSSR count). The van der Waals surface area contributed by atoms with Crippen molar-refractivity contribution in [3.63, 3.8) is 0 Å². The summed E-state index contributed by atoms with van der Waals surface area (Å²) in [7, 11) is 0. The molecule has 0 heterocycles. The van der Waals surface area contributed by atoms with Crippen LogP contribution in [0.15, 0.2) is 42.5 Å². The summed E-state index contributed by atoms with van der Waals surface area (Å²) in [6.45, 7) is 2.03. The Morgan fingerprint density at radius 2 is 1.46 bits per heavy atom. The highest BCUT2D eigenvalue weighted by atomic mass is 35.5. The zero-order valence-electron chi connectivity index (χ0n) is 16.5. The summed E-state index contributed by atoms with van der Waals surface area (Å²) in [6.07, 6.45) is 8.75. The van der Waals surface area contributed by atoms with Gasteiger partial charge < -0.3 is 5.11 Å². The lowest BCUT2D eigenvalue weighted by atomic mass is 9.93. The van der Waals surface area contributed by atoms with Gasteiger partial charge in [-0.05, 0) is 61.6 Å². The first-order valence-corrected chi connectivity index (χ1v) is 10.5. The Labute approximate surface area is 172 Å². The molecule has 0 spiro atoms. The number of carbonyl (C=O) groups excluding carboxylic acids is 1. The van der Waals surface area contributed by atoms with Crippen molar-refractivity contribution < 1.29 is 14.7 Å². The lowest BCUT2D eigenvalue weighted by molar-refractivity contribution is -0.137. The van der Waals surface area contributed by atoms with E-state index in [0.29, 0.717) is 10.6 Å². The molecule has 0 saturated heterocycles. The Hall–Kier alpha value is -2.13. The minimum absolute atomic E-state index is 0.0392. The normalized spacial score (nSPS) is 10.8. The maximum atomic E-state index is 12.8. The average Bonchev–Trinajstić information content (AvgIpc) is 2.67. The van der Waals surface area contributed by atoms with Gasteiger partial charge in [0.05, 0.1) is 0 Å². The summed E-state index contributed by atoms with van der Waals surface area (Å²) >= 11 is 5.91. The first kappa shape index (κ1) is 22.2. The largest absolute Gasteiger partial charge is 0.481 e. The number of aryl methyl sites for hydroxylation is 1. The number of benzene rings is 2. The standard InChI is InChI=1S/C24H29ClO3/c1-18-19(10-7-5-3-2-4-6-8-13-23(26)27)11-9-12-22(18)24(28)20-14-16-21(25)17-15-20/h9,11-12,14-17H,2-8,10,13H2,1H3,(H,26,27). The van der Waals surface area contributed by atoms with E-state index in [1.807, 2.05) is 19.1 Å². The van der Waals surface area contributed by atoms with Gasteiger partial charge in [-0.3, -0.25) is 9.59 Å². The van der Waals surface area contributed by atoms with Crippen LogP contribution in [-0.2, 0) is 11.2 Å². The highest BCUT2D eigenvalue weighted by molar-refractivity contribution is 6.30. The topological polar surface area (TPSA) is 54.4 Å². The molecule has 0 radical (unpaired) electrons. The van der Waals surface area contributed by atoms with Crippen molar-refractivity contribution in [2.24, 2.45) is 0 Å². The number of ketones is 1. The molecule has 2 aromatic rings. The van der Waals surface area contributed by atoms with E-state index in [2.05, 4.69) is 6.07 Å². The molecular weight excluding hydrogens is 372 g/mol. The van der Waals surface area contributed by atoms with Gasteiger partial charge in [-0.2, -0.15) is 0 Å². The number of carbonyl (C=O) groups is 2. The molecular formula is C24H29ClO3. The maximum absolute atomic E-state index is 12.8. The molecule has 3 nitrogen and oxygen atoms in total. The predicted molar refractivity (Wildman–Crippen MR) is 114 cm³/mol. The summed E-state index contributed by atoms with van der Waals surface area (Å²) in [5, 5.41) is 9.25. The average molecular weight is 401 g/mol. The lowest BCUT2D eigenvalue weighted by Crippen LogP contribution is -2.05. The lowest BCUT2D eigenvalue weighted by Gasteiger charge is -2.11. The molecule has 0 aliphatic carbocycles. The fourth-order valence-electron chi connectivity index (χ4n) is 3.43. The van der Waals surface area contributed by atoms with Gasteiger partial charge in [0, 0.05) is 22.6 Å². The van der Waals surface area contributed by atoms with Crippen LogP contribution in [0.25, 0.3) is 0 Å². The number of rotatable bonds is 12. The van der Waals surface area contributed by atoms with E-state index < -0.39 is 5.97 Å². The molecule has 0 aliphatic rings. The van der Waals surface area contributed by atoms with Gasteiger partial charge in [-0.25, -0.2) is 0 Å². The molecule has 0 atom stereocenters. The second kappa shape index (κ2) is 11.7. The van der Waals surface area contributed by atoms with Gasteiger partial charge in [0.15, 0.2) is 5.78 Å². The number of unbranched alkanes of at least 4 members (excludes halogenated alkanes) is 6. The van der Waals surface area contributed by atoms with Crippen LogP contribution in [0.4, 0.5) is 0 Å². The highest BCUT2D eigenvalue weighted by Gasteiger charge is 2.13. The van der Waals surface area contributed by atoms with Crippen molar-refractivity contribution in [2.75, 3.05) is 0 Å². The first-order chi connectivity index (χ1) is 13.5. The minimum Gasteiger partial charge on any atom is -0.481 e. The third-order valence-electron chi connectivity index (χ3n) is 5.13. The molecule has 28 heavy (non-hydrogen) atoms. The summed E-state index contributed by atoms with van der Waals surface area (Å²) in [6, 6.07) is 13.0. The molecule has 0 fully saturated rings. The fourth-order valence-corrected chi connectivity index (χ4v) is 3.56. The van der Waals surface area contributed by atoms with E-state index in [0.717, 1.165) is 56.1 Å². The van der Waals surface area contributed by atoms with Crippen molar-refractivity contribution in [1.82, 2.24) is 0 Å².